The molecule has 17 heavy (non-hydrogen) atoms. The lowest BCUT2D eigenvalue weighted by atomic mass is 9.92. The Morgan fingerprint density at radius 2 is 2.29 bits per heavy atom. The molecule has 0 aromatic heterocycles. The number of nitrogens with one attached hydrogen (secondary N) is 1. The highest BCUT2D eigenvalue weighted by molar-refractivity contribution is 5.77. The van der Waals surface area contributed by atoms with E-state index in [1.165, 1.54) is 19.2 Å². The lowest BCUT2D eigenvalue weighted by Gasteiger charge is -2.30. The van der Waals surface area contributed by atoms with E-state index >= 15 is 0 Å². The number of benzene rings is 1. The van der Waals surface area contributed by atoms with Gasteiger partial charge >= 0.3 is 0 Å². The fourth-order valence-electron chi connectivity index (χ4n) is 2.01. The van der Waals surface area contributed by atoms with Gasteiger partial charge in [-0.05, 0) is 24.6 Å². The van der Waals surface area contributed by atoms with Gasteiger partial charge < -0.3 is 15.8 Å². The Balaban J connectivity index is 2.34. The van der Waals surface area contributed by atoms with Crippen molar-refractivity contribution < 1.29 is 13.9 Å². The van der Waals surface area contributed by atoms with E-state index in [1.807, 2.05) is 0 Å². The first-order chi connectivity index (χ1) is 8.11. The van der Waals surface area contributed by atoms with Crippen LogP contribution in [-0.4, -0.2) is 19.1 Å². The third-order valence-corrected chi connectivity index (χ3v) is 2.99. The quantitative estimate of drug-likeness (QED) is 0.811. The van der Waals surface area contributed by atoms with Crippen LogP contribution in [0.3, 0.4) is 0 Å². The van der Waals surface area contributed by atoms with E-state index in [4.69, 9.17) is 10.5 Å². The normalized spacial score (nSPS) is 24.3. The van der Waals surface area contributed by atoms with Crippen LogP contribution in [0.25, 0.3) is 0 Å². The van der Waals surface area contributed by atoms with Crippen molar-refractivity contribution in [1.29, 1.82) is 0 Å². The minimum absolute atomic E-state index is 0.0982. The summed E-state index contributed by atoms with van der Waals surface area (Å²) >= 11 is 0. The number of nitrogens with two attached hydrogens (primary N) is 1. The topological polar surface area (TPSA) is 64.3 Å². The highest BCUT2D eigenvalue weighted by Crippen LogP contribution is 2.27. The molecule has 0 bridgehead atoms. The average Bonchev–Trinajstić information content (AvgIpc) is 2.33. The van der Waals surface area contributed by atoms with Gasteiger partial charge in [-0.1, -0.05) is 0 Å². The fourth-order valence-corrected chi connectivity index (χ4v) is 2.01. The van der Waals surface area contributed by atoms with Gasteiger partial charge in [-0.3, -0.25) is 4.79 Å². The highest BCUT2D eigenvalue weighted by Gasteiger charge is 2.29. The Kier molecular flexibility index (Phi) is 3.28. The molecule has 2 atom stereocenters. The molecule has 1 aromatic rings. The van der Waals surface area contributed by atoms with E-state index < -0.39 is 6.04 Å². The largest absolute Gasteiger partial charge is 0.497 e. The minimum atomic E-state index is -0.480. The maximum absolute atomic E-state index is 13.7. The minimum Gasteiger partial charge on any atom is -0.497 e. The number of carbonyl (C=O) groups is 1. The van der Waals surface area contributed by atoms with Crippen molar-refractivity contribution in [2.45, 2.75) is 24.9 Å². The summed E-state index contributed by atoms with van der Waals surface area (Å²) in [6.45, 7) is 0. The molecule has 0 unspecified atom stereocenters. The first kappa shape index (κ1) is 11.9. The van der Waals surface area contributed by atoms with Gasteiger partial charge in [-0.2, -0.15) is 0 Å². The predicted molar refractivity (Wildman–Crippen MR) is 61.0 cm³/mol. The lowest BCUT2D eigenvalue weighted by Crippen LogP contribution is -2.46. The summed E-state index contributed by atoms with van der Waals surface area (Å²) in [4.78, 5) is 11.3. The Morgan fingerprint density at radius 3 is 3.00 bits per heavy atom. The molecule has 0 saturated carbocycles. The van der Waals surface area contributed by atoms with Gasteiger partial charge in [-0.25, -0.2) is 4.39 Å². The van der Waals surface area contributed by atoms with Crippen LogP contribution in [0.2, 0.25) is 0 Å². The van der Waals surface area contributed by atoms with Gasteiger partial charge in [0, 0.05) is 18.0 Å². The van der Waals surface area contributed by atoms with Crippen molar-refractivity contribution in [2.24, 2.45) is 5.73 Å². The molecule has 5 heteroatoms. The number of ether oxygens (including phenoxy) is 1. The second kappa shape index (κ2) is 4.71. The standard InChI is InChI=1S/C12H15FN2O2/c1-17-7-2-3-9(13)8(6-7)12-10(14)4-5-11(16)15-12/h2-3,6,10,12H,4-5,14H2,1H3,(H,15,16)/t10-,12+/m0/s1. The van der Waals surface area contributed by atoms with Gasteiger partial charge in [0.1, 0.15) is 11.6 Å². The van der Waals surface area contributed by atoms with Crippen LogP contribution in [0.4, 0.5) is 4.39 Å². The Hall–Kier alpha value is -1.62. The van der Waals surface area contributed by atoms with E-state index in [2.05, 4.69) is 5.32 Å². The van der Waals surface area contributed by atoms with E-state index in [9.17, 15) is 9.18 Å². The lowest BCUT2D eigenvalue weighted by molar-refractivity contribution is -0.123. The van der Waals surface area contributed by atoms with Crippen LogP contribution in [0.15, 0.2) is 18.2 Å². The molecule has 1 aliphatic heterocycles. The fraction of sp³-hybridized carbons (Fsp3) is 0.417. The molecule has 1 aliphatic rings. The Labute approximate surface area is 98.9 Å². The number of halogens is 1. The van der Waals surface area contributed by atoms with Crippen LogP contribution in [0.1, 0.15) is 24.4 Å². The van der Waals surface area contributed by atoms with E-state index in [1.54, 1.807) is 6.07 Å². The molecule has 0 radical (unpaired) electrons. The smallest absolute Gasteiger partial charge is 0.220 e. The van der Waals surface area contributed by atoms with Crippen LogP contribution < -0.4 is 15.8 Å². The highest BCUT2D eigenvalue weighted by atomic mass is 19.1. The van der Waals surface area contributed by atoms with Crippen LogP contribution in [0, 0.1) is 5.82 Å². The van der Waals surface area contributed by atoms with Gasteiger partial charge in [-0.15, -0.1) is 0 Å². The van der Waals surface area contributed by atoms with E-state index in [0.29, 0.717) is 24.2 Å². The Morgan fingerprint density at radius 1 is 1.53 bits per heavy atom. The molecule has 3 N–H and O–H groups in total. The maximum Gasteiger partial charge on any atom is 0.220 e. The predicted octanol–water partition coefficient (Wildman–Crippen LogP) is 1.11. The Bertz CT molecular complexity index is 437. The number of piperidine rings is 1. The van der Waals surface area contributed by atoms with Crippen molar-refractivity contribution >= 4 is 5.91 Å². The van der Waals surface area contributed by atoms with E-state index in [0.717, 1.165) is 0 Å². The van der Waals surface area contributed by atoms with Crippen LogP contribution in [-0.2, 0) is 4.79 Å². The summed E-state index contributed by atoms with van der Waals surface area (Å²) in [7, 11) is 1.51. The number of amides is 1. The van der Waals surface area contributed by atoms with Crippen molar-refractivity contribution in [2.75, 3.05) is 7.11 Å². The van der Waals surface area contributed by atoms with Crippen molar-refractivity contribution in [3.63, 3.8) is 0 Å². The van der Waals surface area contributed by atoms with Gasteiger partial charge in [0.05, 0.1) is 13.2 Å². The number of methoxy groups -OCH3 is 1. The molecule has 4 nitrogen and oxygen atoms in total. The first-order valence-corrected chi connectivity index (χ1v) is 5.50. The summed E-state index contributed by atoms with van der Waals surface area (Å²) in [6.07, 6.45) is 0.955. The SMILES string of the molecule is COc1ccc(F)c([C@H]2NC(=O)CC[C@@H]2N)c1. The number of hydrogen-bond acceptors (Lipinski definition) is 3. The summed E-state index contributed by atoms with van der Waals surface area (Å²) in [5, 5.41) is 2.72. The molecular formula is C12H15FN2O2. The van der Waals surface area contributed by atoms with E-state index in [-0.39, 0.29) is 17.8 Å². The van der Waals surface area contributed by atoms with Gasteiger partial charge in [0.15, 0.2) is 0 Å². The molecule has 0 spiro atoms. The number of rotatable bonds is 2. The van der Waals surface area contributed by atoms with Crippen molar-refractivity contribution in [3.8, 4) is 5.75 Å². The third kappa shape index (κ3) is 2.39. The second-order valence-electron chi connectivity index (χ2n) is 4.14. The average molecular weight is 238 g/mol. The van der Waals surface area contributed by atoms with Crippen molar-refractivity contribution in [3.05, 3.63) is 29.6 Å². The zero-order valence-corrected chi connectivity index (χ0v) is 9.57. The second-order valence-corrected chi connectivity index (χ2v) is 4.14. The molecule has 1 heterocycles. The van der Waals surface area contributed by atoms with Gasteiger partial charge in [0.25, 0.3) is 0 Å². The summed E-state index contributed by atoms with van der Waals surface area (Å²) in [6, 6.07) is 3.68. The number of hydrogen-bond donors (Lipinski definition) is 2. The molecule has 1 amide bonds. The maximum atomic E-state index is 13.7. The summed E-state index contributed by atoms with van der Waals surface area (Å²) in [5.74, 6) is 0.0702. The molecule has 1 fully saturated rings. The summed E-state index contributed by atoms with van der Waals surface area (Å²) in [5.41, 5.74) is 6.29. The first-order valence-electron chi connectivity index (χ1n) is 5.50. The molecular weight excluding hydrogens is 223 g/mol. The zero-order chi connectivity index (χ0) is 12.4. The van der Waals surface area contributed by atoms with Crippen molar-refractivity contribution in [1.82, 2.24) is 5.32 Å². The zero-order valence-electron chi connectivity index (χ0n) is 9.57. The molecule has 0 aliphatic carbocycles. The summed E-state index contributed by atoms with van der Waals surface area (Å²) < 4.78 is 18.8. The van der Waals surface area contributed by atoms with Gasteiger partial charge in [0.2, 0.25) is 5.91 Å². The molecule has 2 rings (SSSR count). The van der Waals surface area contributed by atoms with Crippen LogP contribution >= 0.6 is 0 Å². The molecule has 1 saturated heterocycles. The van der Waals surface area contributed by atoms with Crippen LogP contribution in [0.5, 0.6) is 5.75 Å². The number of carbonyl (C=O) groups excluding carboxylic acids is 1. The monoisotopic (exact) mass is 238 g/mol. The third-order valence-electron chi connectivity index (χ3n) is 2.99. The molecule has 1 aromatic carbocycles. The molecule has 92 valence electrons.